The van der Waals surface area contributed by atoms with Gasteiger partial charge in [0.25, 0.3) is 0 Å². The minimum Gasteiger partial charge on any atom is -0.326 e. The molecule has 16 heavy (non-hydrogen) atoms. The fourth-order valence-corrected chi connectivity index (χ4v) is 1.88. The molecule has 1 heterocycles. The van der Waals surface area contributed by atoms with Gasteiger partial charge in [0.2, 0.25) is 0 Å². The lowest BCUT2D eigenvalue weighted by Crippen LogP contribution is -2.07. The Morgan fingerprint density at radius 3 is 2.62 bits per heavy atom. The van der Waals surface area contributed by atoms with E-state index >= 15 is 0 Å². The average Bonchev–Trinajstić information content (AvgIpc) is 2.77. The molecule has 0 N–H and O–H groups in total. The number of hydrogen-bond donors (Lipinski definition) is 0. The number of rotatable bonds is 3. The second kappa shape index (κ2) is 5.92. The lowest BCUT2D eigenvalue weighted by molar-refractivity contribution is 0.620. The summed E-state index contributed by atoms with van der Waals surface area (Å²) < 4.78 is 2.10. The van der Waals surface area contributed by atoms with Gasteiger partial charge in [-0.2, -0.15) is 0 Å². The standard InChI is InChI=1S/C12H13ClN2.ClH/c1-10(11-5-3-2-4-6-11)15-9-14-8-12(15)7-13;/h2-6,8-10H,7H2,1H3;1H/t10-;/m0./s1. The molecule has 86 valence electrons. The highest BCUT2D eigenvalue weighted by Crippen LogP contribution is 2.19. The first-order chi connectivity index (χ1) is 7.33. The molecule has 0 fully saturated rings. The molecule has 0 aliphatic heterocycles. The molecule has 1 aromatic heterocycles. The molecule has 1 aromatic carbocycles. The van der Waals surface area contributed by atoms with E-state index in [0.717, 1.165) is 5.69 Å². The highest BCUT2D eigenvalue weighted by atomic mass is 35.5. The van der Waals surface area contributed by atoms with E-state index in [1.54, 1.807) is 0 Å². The molecule has 4 heteroatoms. The van der Waals surface area contributed by atoms with Crippen LogP contribution in [-0.2, 0) is 5.88 Å². The van der Waals surface area contributed by atoms with Gasteiger partial charge < -0.3 is 4.57 Å². The van der Waals surface area contributed by atoms with Gasteiger partial charge in [-0.15, -0.1) is 24.0 Å². The first kappa shape index (κ1) is 13.1. The molecule has 2 aromatic rings. The summed E-state index contributed by atoms with van der Waals surface area (Å²) in [5.74, 6) is 0.497. The van der Waals surface area contributed by atoms with Crippen molar-refractivity contribution in [2.45, 2.75) is 18.8 Å². The van der Waals surface area contributed by atoms with Gasteiger partial charge in [-0.25, -0.2) is 4.98 Å². The summed E-state index contributed by atoms with van der Waals surface area (Å²) in [6.45, 7) is 2.15. The Hall–Kier alpha value is -0.990. The second-order valence-corrected chi connectivity index (χ2v) is 3.78. The molecule has 0 spiro atoms. The number of nitrogens with zero attached hydrogens (tertiary/aromatic N) is 2. The second-order valence-electron chi connectivity index (χ2n) is 3.51. The molecule has 0 saturated carbocycles. The number of benzene rings is 1. The third-order valence-corrected chi connectivity index (χ3v) is 2.86. The zero-order valence-electron chi connectivity index (χ0n) is 9.01. The Bertz CT molecular complexity index is 426. The Labute approximate surface area is 107 Å². The number of imidazole rings is 1. The monoisotopic (exact) mass is 256 g/mol. The summed E-state index contributed by atoms with van der Waals surface area (Å²) in [7, 11) is 0. The lowest BCUT2D eigenvalue weighted by atomic mass is 10.1. The van der Waals surface area contributed by atoms with Crippen molar-refractivity contribution in [3.05, 3.63) is 54.1 Å². The van der Waals surface area contributed by atoms with Crippen LogP contribution in [0.1, 0.15) is 24.2 Å². The number of hydrogen-bond acceptors (Lipinski definition) is 1. The van der Waals surface area contributed by atoms with Gasteiger partial charge in [0.1, 0.15) is 0 Å². The molecule has 0 bridgehead atoms. The van der Waals surface area contributed by atoms with E-state index in [9.17, 15) is 0 Å². The Balaban J connectivity index is 0.00000128. The summed E-state index contributed by atoms with van der Waals surface area (Å²) in [5.41, 5.74) is 2.31. The van der Waals surface area contributed by atoms with E-state index in [-0.39, 0.29) is 18.4 Å². The highest BCUT2D eigenvalue weighted by molar-refractivity contribution is 6.16. The molecule has 0 aliphatic rings. The molecule has 0 aliphatic carbocycles. The van der Waals surface area contributed by atoms with Crippen LogP contribution in [0, 0.1) is 0 Å². The third-order valence-electron chi connectivity index (χ3n) is 2.58. The average molecular weight is 257 g/mol. The van der Waals surface area contributed by atoms with Crippen LogP contribution in [0.2, 0.25) is 0 Å². The van der Waals surface area contributed by atoms with E-state index < -0.39 is 0 Å². The van der Waals surface area contributed by atoms with Crippen LogP contribution in [0.25, 0.3) is 0 Å². The van der Waals surface area contributed by atoms with Crippen molar-refractivity contribution >= 4 is 24.0 Å². The quantitative estimate of drug-likeness (QED) is 0.767. The Morgan fingerprint density at radius 2 is 2.00 bits per heavy atom. The molecule has 2 rings (SSSR count). The van der Waals surface area contributed by atoms with Crippen molar-refractivity contribution in [2.75, 3.05) is 0 Å². The van der Waals surface area contributed by atoms with Gasteiger partial charge in [0, 0.05) is 6.20 Å². The zero-order valence-corrected chi connectivity index (χ0v) is 10.6. The van der Waals surface area contributed by atoms with Crippen molar-refractivity contribution in [1.82, 2.24) is 9.55 Å². The Morgan fingerprint density at radius 1 is 1.31 bits per heavy atom. The fraction of sp³-hybridized carbons (Fsp3) is 0.250. The maximum atomic E-state index is 5.84. The van der Waals surface area contributed by atoms with Gasteiger partial charge in [0.05, 0.1) is 23.9 Å². The predicted octanol–water partition coefficient (Wildman–Crippen LogP) is 3.65. The van der Waals surface area contributed by atoms with Gasteiger partial charge in [-0.05, 0) is 12.5 Å². The van der Waals surface area contributed by atoms with Crippen LogP contribution in [-0.4, -0.2) is 9.55 Å². The SMILES string of the molecule is C[C@@H](c1ccccc1)n1cncc1CCl.Cl. The van der Waals surface area contributed by atoms with Crippen molar-refractivity contribution in [3.63, 3.8) is 0 Å². The van der Waals surface area contributed by atoms with Crippen molar-refractivity contribution < 1.29 is 0 Å². The van der Waals surface area contributed by atoms with E-state index in [4.69, 9.17) is 11.6 Å². The van der Waals surface area contributed by atoms with Gasteiger partial charge in [0.15, 0.2) is 0 Å². The minimum atomic E-state index is 0. The maximum absolute atomic E-state index is 5.84. The molecule has 2 nitrogen and oxygen atoms in total. The van der Waals surface area contributed by atoms with Gasteiger partial charge in [-0.3, -0.25) is 0 Å². The molecular weight excluding hydrogens is 243 g/mol. The fourth-order valence-electron chi connectivity index (χ4n) is 1.68. The third kappa shape index (κ3) is 2.57. The Kier molecular flexibility index (Phi) is 4.84. The molecular formula is C12H14Cl2N2. The highest BCUT2D eigenvalue weighted by Gasteiger charge is 2.09. The van der Waals surface area contributed by atoms with Crippen LogP contribution in [0.5, 0.6) is 0 Å². The normalized spacial score (nSPS) is 11.9. The van der Waals surface area contributed by atoms with E-state index in [1.807, 2.05) is 30.7 Å². The van der Waals surface area contributed by atoms with E-state index in [1.165, 1.54) is 5.56 Å². The molecule has 0 radical (unpaired) electrons. The summed E-state index contributed by atoms with van der Waals surface area (Å²) >= 11 is 5.84. The molecule has 0 unspecified atom stereocenters. The predicted molar refractivity (Wildman–Crippen MR) is 69.3 cm³/mol. The van der Waals surface area contributed by atoms with Crippen LogP contribution in [0.4, 0.5) is 0 Å². The van der Waals surface area contributed by atoms with Gasteiger partial charge >= 0.3 is 0 Å². The molecule has 1 atom stereocenters. The van der Waals surface area contributed by atoms with Crippen molar-refractivity contribution in [1.29, 1.82) is 0 Å². The lowest BCUT2D eigenvalue weighted by Gasteiger charge is -2.15. The number of halogens is 2. The van der Waals surface area contributed by atoms with Crippen LogP contribution in [0.15, 0.2) is 42.9 Å². The van der Waals surface area contributed by atoms with Crippen molar-refractivity contribution in [2.24, 2.45) is 0 Å². The largest absolute Gasteiger partial charge is 0.326 e. The summed E-state index contributed by atoms with van der Waals surface area (Å²) in [4.78, 5) is 4.12. The summed E-state index contributed by atoms with van der Waals surface area (Å²) in [6, 6.07) is 10.6. The van der Waals surface area contributed by atoms with Gasteiger partial charge in [-0.1, -0.05) is 30.3 Å². The zero-order chi connectivity index (χ0) is 10.7. The molecule has 0 saturated heterocycles. The smallest absolute Gasteiger partial charge is 0.0954 e. The first-order valence-electron chi connectivity index (χ1n) is 4.94. The number of aromatic nitrogens is 2. The van der Waals surface area contributed by atoms with E-state index in [0.29, 0.717) is 5.88 Å². The topological polar surface area (TPSA) is 17.8 Å². The van der Waals surface area contributed by atoms with E-state index in [2.05, 4.69) is 28.6 Å². The minimum absolute atomic E-state index is 0. The summed E-state index contributed by atoms with van der Waals surface area (Å²) in [6.07, 6.45) is 3.64. The van der Waals surface area contributed by atoms with Crippen LogP contribution in [0.3, 0.4) is 0 Å². The maximum Gasteiger partial charge on any atom is 0.0954 e. The first-order valence-corrected chi connectivity index (χ1v) is 5.48. The molecule has 0 amide bonds. The van der Waals surface area contributed by atoms with Crippen LogP contribution >= 0.6 is 24.0 Å². The summed E-state index contributed by atoms with van der Waals surface area (Å²) in [5, 5.41) is 0. The van der Waals surface area contributed by atoms with Crippen molar-refractivity contribution in [3.8, 4) is 0 Å². The van der Waals surface area contributed by atoms with Crippen LogP contribution < -0.4 is 0 Å². The number of alkyl halides is 1.